The molecular formula is C14H23ClN4O2S. The van der Waals surface area contributed by atoms with Gasteiger partial charge in [-0.25, -0.2) is 13.1 Å². The average molecular weight is 347 g/mol. The van der Waals surface area contributed by atoms with Gasteiger partial charge in [0, 0.05) is 24.7 Å². The number of benzene rings is 1. The molecule has 0 radical (unpaired) electrons. The van der Waals surface area contributed by atoms with Crippen molar-refractivity contribution in [3.8, 4) is 0 Å². The van der Waals surface area contributed by atoms with Gasteiger partial charge in [-0.05, 0) is 25.0 Å². The number of nitrogens with zero attached hydrogens (tertiary/aromatic N) is 1. The molecule has 0 amide bonds. The van der Waals surface area contributed by atoms with E-state index < -0.39 is 10.0 Å². The molecule has 0 heterocycles. The molecule has 0 fully saturated rings. The summed E-state index contributed by atoms with van der Waals surface area (Å²) in [4.78, 5) is 4.30. The molecule has 0 aliphatic carbocycles. The summed E-state index contributed by atoms with van der Waals surface area (Å²) < 4.78 is 24.3. The fraction of sp³-hybridized carbons (Fsp3) is 0.500. The number of sulfonamides is 1. The smallest absolute Gasteiger partial charge is 0.208 e. The van der Waals surface area contributed by atoms with Gasteiger partial charge in [-0.15, -0.1) is 0 Å². The van der Waals surface area contributed by atoms with Crippen LogP contribution < -0.4 is 15.4 Å². The van der Waals surface area contributed by atoms with Crippen molar-refractivity contribution >= 4 is 27.6 Å². The molecule has 0 bridgehead atoms. The van der Waals surface area contributed by atoms with Crippen LogP contribution in [0.2, 0.25) is 5.02 Å². The summed E-state index contributed by atoms with van der Waals surface area (Å²) in [5, 5.41) is 7.06. The second-order valence-corrected chi connectivity index (χ2v) is 6.94. The number of hydrogen-bond donors (Lipinski definition) is 3. The molecule has 3 N–H and O–H groups in total. The van der Waals surface area contributed by atoms with Gasteiger partial charge in [-0.1, -0.05) is 29.8 Å². The third-order valence-corrected chi connectivity index (χ3v) is 3.83. The number of halogens is 1. The Bertz CT molecular complexity index is 590. The van der Waals surface area contributed by atoms with E-state index in [2.05, 4.69) is 20.3 Å². The Kier molecular flexibility index (Phi) is 8.22. The SMILES string of the molecule is CCNC(=NCCNS(C)(=O)=O)NCCc1ccccc1Cl. The second-order valence-electron chi connectivity index (χ2n) is 4.70. The summed E-state index contributed by atoms with van der Waals surface area (Å²) in [5.74, 6) is 0.657. The Morgan fingerprint density at radius 2 is 1.95 bits per heavy atom. The normalized spacial score (nSPS) is 12.2. The van der Waals surface area contributed by atoms with Gasteiger partial charge in [0.25, 0.3) is 0 Å². The second kappa shape index (κ2) is 9.66. The maximum Gasteiger partial charge on any atom is 0.208 e. The predicted octanol–water partition coefficient (Wildman–Crippen LogP) is 0.987. The maximum absolute atomic E-state index is 11.0. The first-order chi connectivity index (χ1) is 10.4. The number of rotatable bonds is 8. The Balaban J connectivity index is 2.41. The Hall–Kier alpha value is -1.31. The van der Waals surface area contributed by atoms with Gasteiger partial charge >= 0.3 is 0 Å². The van der Waals surface area contributed by atoms with Gasteiger partial charge in [0.1, 0.15) is 0 Å². The molecule has 124 valence electrons. The van der Waals surface area contributed by atoms with Crippen molar-refractivity contribution in [3.05, 3.63) is 34.9 Å². The van der Waals surface area contributed by atoms with Crippen molar-refractivity contribution < 1.29 is 8.42 Å². The molecule has 6 nitrogen and oxygen atoms in total. The van der Waals surface area contributed by atoms with Crippen molar-refractivity contribution in [1.82, 2.24) is 15.4 Å². The van der Waals surface area contributed by atoms with Crippen LogP contribution in [0.5, 0.6) is 0 Å². The van der Waals surface area contributed by atoms with E-state index in [-0.39, 0.29) is 6.54 Å². The summed E-state index contributed by atoms with van der Waals surface area (Å²) in [5.41, 5.74) is 1.08. The molecular weight excluding hydrogens is 324 g/mol. The van der Waals surface area contributed by atoms with Gasteiger partial charge in [0.15, 0.2) is 5.96 Å². The van der Waals surface area contributed by atoms with Crippen molar-refractivity contribution in [2.45, 2.75) is 13.3 Å². The number of guanidine groups is 1. The van der Waals surface area contributed by atoms with Crippen LogP contribution in [0.3, 0.4) is 0 Å². The maximum atomic E-state index is 11.0. The van der Waals surface area contributed by atoms with Crippen LogP contribution in [0.15, 0.2) is 29.3 Å². The number of nitrogens with one attached hydrogen (secondary N) is 3. The van der Waals surface area contributed by atoms with Gasteiger partial charge < -0.3 is 10.6 Å². The van der Waals surface area contributed by atoms with E-state index >= 15 is 0 Å². The molecule has 8 heteroatoms. The summed E-state index contributed by atoms with van der Waals surface area (Å²) in [6, 6.07) is 7.72. The Labute approximate surface area is 137 Å². The van der Waals surface area contributed by atoms with Crippen LogP contribution in [0.25, 0.3) is 0 Å². The van der Waals surface area contributed by atoms with Crippen molar-refractivity contribution in [2.24, 2.45) is 4.99 Å². The first kappa shape index (κ1) is 18.7. The van der Waals surface area contributed by atoms with Crippen molar-refractivity contribution in [1.29, 1.82) is 0 Å². The Morgan fingerprint density at radius 3 is 2.59 bits per heavy atom. The summed E-state index contributed by atoms with van der Waals surface area (Å²) in [7, 11) is -3.17. The molecule has 0 unspecified atom stereocenters. The van der Waals surface area contributed by atoms with E-state index in [9.17, 15) is 8.42 Å². The van der Waals surface area contributed by atoms with E-state index in [4.69, 9.17) is 11.6 Å². The molecule has 1 rings (SSSR count). The summed E-state index contributed by atoms with van der Waals surface area (Å²) >= 11 is 6.11. The van der Waals surface area contributed by atoms with Crippen LogP contribution in [-0.2, 0) is 16.4 Å². The highest BCUT2D eigenvalue weighted by Gasteiger charge is 2.02. The minimum Gasteiger partial charge on any atom is -0.357 e. The summed E-state index contributed by atoms with van der Waals surface area (Å²) in [6.07, 6.45) is 1.91. The van der Waals surface area contributed by atoms with Gasteiger partial charge in [-0.2, -0.15) is 0 Å². The van der Waals surface area contributed by atoms with E-state index in [0.717, 1.165) is 29.8 Å². The lowest BCUT2D eigenvalue weighted by atomic mass is 10.1. The number of aliphatic imine (C=N–C) groups is 1. The first-order valence-electron chi connectivity index (χ1n) is 7.12. The van der Waals surface area contributed by atoms with E-state index in [0.29, 0.717) is 19.0 Å². The van der Waals surface area contributed by atoms with Crippen LogP contribution in [-0.4, -0.2) is 46.8 Å². The topological polar surface area (TPSA) is 82.6 Å². The highest BCUT2D eigenvalue weighted by atomic mass is 35.5. The highest BCUT2D eigenvalue weighted by molar-refractivity contribution is 7.88. The van der Waals surface area contributed by atoms with Crippen LogP contribution in [0.1, 0.15) is 12.5 Å². The average Bonchev–Trinajstić information content (AvgIpc) is 2.44. The predicted molar refractivity (Wildman–Crippen MR) is 92.0 cm³/mol. The van der Waals surface area contributed by atoms with E-state index in [1.807, 2.05) is 31.2 Å². The highest BCUT2D eigenvalue weighted by Crippen LogP contribution is 2.14. The lowest BCUT2D eigenvalue weighted by Gasteiger charge is -2.12. The molecule has 0 spiro atoms. The molecule has 1 aromatic carbocycles. The molecule has 0 aromatic heterocycles. The zero-order valence-corrected chi connectivity index (χ0v) is 14.5. The molecule has 1 aromatic rings. The third-order valence-electron chi connectivity index (χ3n) is 2.73. The minimum atomic E-state index is -3.17. The molecule has 0 aliphatic heterocycles. The van der Waals surface area contributed by atoms with Crippen LogP contribution >= 0.6 is 11.6 Å². The van der Waals surface area contributed by atoms with Crippen molar-refractivity contribution in [2.75, 3.05) is 32.4 Å². The zero-order valence-electron chi connectivity index (χ0n) is 12.9. The molecule has 0 saturated heterocycles. The molecule has 22 heavy (non-hydrogen) atoms. The van der Waals surface area contributed by atoms with Crippen LogP contribution in [0, 0.1) is 0 Å². The molecule has 0 aliphatic rings. The van der Waals surface area contributed by atoms with E-state index in [1.54, 1.807) is 0 Å². The first-order valence-corrected chi connectivity index (χ1v) is 9.39. The van der Waals surface area contributed by atoms with Gasteiger partial charge in [-0.3, -0.25) is 4.99 Å². The quantitative estimate of drug-likeness (QED) is 0.372. The monoisotopic (exact) mass is 346 g/mol. The standard InChI is InChI=1S/C14H23ClN4O2S/c1-3-16-14(18-10-11-19-22(2,20)21)17-9-8-12-6-4-5-7-13(12)15/h4-7,19H,3,8-11H2,1-2H3,(H2,16,17,18). The largest absolute Gasteiger partial charge is 0.357 e. The number of hydrogen-bond acceptors (Lipinski definition) is 3. The summed E-state index contributed by atoms with van der Waals surface area (Å²) in [6.45, 7) is 4.04. The van der Waals surface area contributed by atoms with E-state index in [1.165, 1.54) is 0 Å². The molecule has 0 atom stereocenters. The zero-order chi connectivity index (χ0) is 16.4. The third kappa shape index (κ3) is 8.21. The fourth-order valence-corrected chi connectivity index (χ4v) is 2.45. The minimum absolute atomic E-state index is 0.278. The van der Waals surface area contributed by atoms with Crippen molar-refractivity contribution in [3.63, 3.8) is 0 Å². The van der Waals surface area contributed by atoms with Gasteiger partial charge in [0.2, 0.25) is 10.0 Å². The Morgan fingerprint density at radius 1 is 1.23 bits per heavy atom. The van der Waals surface area contributed by atoms with Gasteiger partial charge in [0.05, 0.1) is 12.8 Å². The molecule has 0 saturated carbocycles. The van der Waals surface area contributed by atoms with Crippen LogP contribution in [0.4, 0.5) is 0 Å². The lowest BCUT2D eigenvalue weighted by molar-refractivity contribution is 0.588. The lowest BCUT2D eigenvalue weighted by Crippen LogP contribution is -2.39. The fourth-order valence-electron chi connectivity index (χ4n) is 1.76.